The van der Waals surface area contributed by atoms with Crippen molar-refractivity contribution in [2.45, 2.75) is 137 Å². The largest absolute Gasteiger partial charge is 0.508 e. The minimum Gasteiger partial charge on any atom is -0.462 e. The maximum absolute atomic E-state index is 13.5. The van der Waals surface area contributed by atoms with Crippen molar-refractivity contribution in [1.82, 2.24) is 4.90 Å². The van der Waals surface area contributed by atoms with Gasteiger partial charge in [-0.05, 0) is 52.4 Å². The quantitative estimate of drug-likeness (QED) is 0.0190. The highest BCUT2D eigenvalue weighted by molar-refractivity contribution is 7.52. The van der Waals surface area contributed by atoms with E-state index in [0.717, 1.165) is 38.5 Å². The standard InChI is InChI=1S/C33H64N3O11P/c1-6-8-10-12-14-16-22-41-32(38)43-24-18-20-26-45-48(40,35-31(34)36(5)28-30(37)47-29(3)4)46-27-21-19-25-44-33(39)42-23-17-15-13-11-9-7-2/h29H,6-28H2,1-5H3,(H2,34,35,40). The lowest BCUT2D eigenvalue weighted by molar-refractivity contribution is -0.147. The molecule has 0 heterocycles. The smallest absolute Gasteiger partial charge is 0.462 e. The molecule has 0 aromatic rings. The van der Waals surface area contributed by atoms with Gasteiger partial charge in [-0.1, -0.05) is 78.1 Å². The van der Waals surface area contributed by atoms with Gasteiger partial charge in [-0.2, -0.15) is 0 Å². The summed E-state index contributed by atoms with van der Waals surface area (Å²) in [5.41, 5.74) is 6.01. The van der Waals surface area contributed by atoms with Crippen molar-refractivity contribution in [1.29, 1.82) is 0 Å². The van der Waals surface area contributed by atoms with Crippen molar-refractivity contribution >= 4 is 32.0 Å². The number of likely N-dealkylation sites (N-methyl/N-ethyl adjacent to an activating group) is 1. The van der Waals surface area contributed by atoms with Gasteiger partial charge < -0.3 is 34.3 Å². The molecule has 0 fully saturated rings. The number of ether oxygens (including phenoxy) is 5. The normalized spacial score (nSPS) is 11.8. The highest BCUT2D eigenvalue weighted by Gasteiger charge is 2.26. The SMILES string of the molecule is CCCCCCCCOC(=O)OCCCCOP(=O)(/N=C(\N)N(C)CC(=O)OC(C)C)OCCCCOC(=O)OCCCCCCCC. The Bertz CT molecular complexity index is 875. The van der Waals surface area contributed by atoms with Gasteiger partial charge in [0.2, 0.25) is 5.96 Å². The van der Waals surface area contributed by atoms with Gasteiger partial charge in [0.1, 0.15) is 6.54 Å². The van der Waals surface area contributed by atoms with E-state index in [2.05, 4.69) is 18.6 Å². The lowest BCUT2D eigenvalue weighted by Crippen LogP contribution is -2.38. The van der Waals surface area contributed by atoms with E-state index in [1.54, 1.807) is 13.8 Å². The summed E-state index contributed by atoms with van der Waals surface area (Å²) < 4.78 is 53.9. The van der Waals surface area contributed by atoms with Crippen LogP contribution in [0.1, 0.15) is 130 Å². The van der Waals surface area contributed by atoms with Crippen LogP contribution in [0.25, 0.3) is 0 Å². The van der Waals surface area contributed by atoms with Gasteiger partial charge in [0.15, 0.2) is 0 Å². The highest BCUT2D eigenvalue weighted by atomic mass is 31.2. The van der Waals surface area contributed by atoms with Gasteiger partial charge >= 0.3 is 26.0 Å². The number of guanidine groups is 1. The molecule has 0 unspecified atom stereocenters. The van der Waals surface area contributed by atoms with Gasteiger partial charge in [0, 0.05) is 7.05 Å². The van der Waals surface area contributed by atoms with Crippen LogP contribution in [0.2, 0.25) is 0 Å². The number of hydrogen-bond donors (Lipinski definition) is 1. The summed E-state index contributed by atoms with van der Waals surface area (Å²) in [6.45, 7) is 8.39. The minimum absolute atomic E-state index is 0.0170. The van der Waals surface area contributed by atoms with Crippen molar-refractivity contribution in [3.05, 3.63) is 0 Å². The molecule has 0 aliphatic rings. The van der Waals surface area contributed by atoms with Crippen LogP contribution < -0.4 is 5.73 Å². The molecule has 0 bridgehead atoms. The Morgan fingerprint density at radius 2 is 0.979 bits per heavy atom. The summed E-state index contributed by atoms with van der Waals surface area (Å²) in [5.74, 6) is -0.759. The second kappa shape index (κ2) is 30.5. The van der Waals surface area contributed by atoms with E-state index >= 15 is 0 Å². The number of rotatable bonds is 30. The predicted molar refractivity (Wildman–Crippen MR) is 185 cm³/mol. The van der Waals surface area contributed by atoms with Crippen molar-refractivity contribution in [2.24, 2.45) is 10.5 Å². The fraction of sp³-hybridized carbons (Fsp3) is 0.879. The fourth-order valence-corrected chi connectivity index (χ4v) is 5.42. The first-order chi connectivity index (χ1) is 23.0. The zero-order valence-electron chi connectivity index (χ0n) is 30.3. The van der Waals surface area contributed by atoms with Crippen LogP contribution >= 0.6 is 7.75 Å². The Kier molecular flexibility index (Phi) is 28.9. The third-order valence-corrected chi connectivity index (χ3v) is 8.28. The summed E-state index contributed by atoms with van der Waals surface area (Å²) in [6.07, 6.45) is 13.0. The molecule has 282 valence electrons. The molecule has 0 aromatic heterocycles. The van der Waals surface area contributed by atoms with Crippen LogP contribution in [0.5, 0.6) is 0 Å². The summed E-state index contributed by atoms with van der Waals surface area (Å²) in [6, 6.07) is 0. The van der Waals surface area contributed by atoms with Crippen LogP contribution in [0, 0.1) is 0 Å². The molecule has 0 rings (SSSR count). The van der Waals surface area contributed by atoms with E-state index in [-0.39, 0.29) is 45.0 Å². The van der Waals surface area contributed by atoms with Crippen molar-refractivity contribution in [2.75, 3.05) is 53.2 Å². The first-order valence-corrected chi connectivity index (χ1v) is 19.3. The molecular weight excluding hydrogens is 645 g/mol. The van der Waals surface area contributed by atoms with E-state index in [4.69, 9.17) is 38.5 Å². The first kappa shape index (κ1) is 45.4. The van der Waals surface area contributed by atoms with E-state index < -0.39 is 26.0 Å². The van der Waals surface area contributed by atoms with Crippen LogP contribution in [0.3, 0.4) is 0 Å². The zero-order chi connectivity index (χ0) is 35.9. The number of unbranched alkanes of at least 4 members (excludes halogenated alkanes) is 12. The Hall–Kier alpha value is -2.57. The second-order valence-corrected chi connectivity index (χ2v) is 13.5. The number of nitrogens with zero attached hydrogens (tertiary/aromatic N) is 2. The molecule has 0 spiro atoms. The molecular formula is C33H64N3O11P. The van der Waals surface area contributed by atoms with Crippen LogP contribution in [-0.4, -0.2) is 88.5 Å². The second-order valence-electron chi connectivity index (χ2n) is 11.8. The van der Waals surface area contributed by atoms with E-state index in [1.807, 2.05) is 0 Å². The summed E-state index contributed by atoms with van der Waals surface area (Å²) in [5, 5.41) is 0. The molecule has 48 heavy (non-hydrogen) atoms. The molecule has 2 N–H and O–H groups in total. The van der Waals surface area contributed by atoms with Gasteiger partial charge in [0.05, 0.1) is 45.7 Å². The van der Waals surface area contributed by atoms with E-state index in [9.17, 15) is 18.9 Å². The van der Waals surface area contributed by atoms with Gasteiger partial charge in [-0.3, -0.25) is 13.8 Å². The number of nitrogens with two attached hydrogens (primary N) is 1. The summed E-state index contributed by atoms with van der Waals surface area (Å²) >= 11 is 0. The molecule has 0 aliphatic heterocycles. The maximum Gasteiger partial charge on any atom is 0.508 e. The minimum atomic E-state index is -4.09. The first-order valence-electron chi connectivity index (χ1n) is 17.8. The molecule has 15 heteroatoms. The molecule has 0 saturated heterocycles. The fourth-order valence-electron chi connectivity index (χ4n) is 4.11. The molecule has 0 aliphatic carbocycles. The predicted octanol–water partition coefficient (Wildman–Crippen LogP) is 7.91. The molecule has 14 nitrogen and oxygen atoms in total. The van der Waals surface area contributed by atoms with Crippen LogP contribution in [-0.2, 0) is 42.1 Å². The highest BCUT2D eigenvalue weighted by Crippen LogP contribution is 2.50. The van der Waals surface area contributed by atoms with Crippen molar-refractivity contribution in [3.63, 3.8) is 0 Å². The zero-order valence-corrected chi connectivity index (χ0v) is 31.1. The number of esters is 1. The Balaban J connectivity index is 4.61. The van der Waals surface area contributed by atoms with Gasteiger partial charge in [-0.25, -0.2) is 14.2 Å². The lowest BCUT2D eigenvalue weighted by atomic mass is 10.1. The maximum atomic E-state index is 13.5. The van der Waals surface area contributed by atoms with E-state index in [0.29, 0.717) is 38.9 Å². The Labute approximate surface area is 288 Å². The van der Waals surface area contributed by atoms with Crippen molar-refractivity contribution in [3.8, 4) is 0 Å². The van der Waals surface area contributed by atoms with Crippen LogP contribution in [0.4, 0.5) is 9.59 Å². The number of hydrogen-bond acceptors (Lipinski definition) is 11. The lowest BCUT2D eigenvalue weighted by Gasteiger charge is -2.20. The number of carbonyl (C=O) groups is 3. The summed E-state index contributed by atoms with van der Waals surface area (Å²) in [4.78, 5) is 36.9. The topological polar surface area (TPSA) is 175 Å². The third kappa shape index (κ3) is 28.4. The average molecular weight is 710 g/mol. The molecule has 0 atom stereocenters. The molecule has 0 aromatic carbocycles. The Morgan fingerprint density at radius 1 is 0.625 bits per heavy atom. The molecule has 0 amide bonds. The summed E-state index contributed by atoms with van der Waals surface area (Å²) in [7, 11) is -2.59. The van der Waals surface area contributed by atoms with E-state index in [1.165, 1.54) is 50.5 Å². The Morgan fingerprint density at radius 3 is 1.38 bits per heavy atom. The van der Waals surface area contributed by atoms with Gasteiger partial charge in [0.25, 0.3) is 0 Å². The van der Waals surface area contributed by atoms with Gasteiger partial charge in [-0.15, -0.1) is 4.76 Å². The number of carbonyl (C=O) groups excluding carboxylic acids is 3. The van der Waals surface area contributed by atoms with Crippen LogP contribution in [0.15, 0.2) is 4.76 Å². The average Bonchev–Trinajstić information content (AvgIpc) is 3.03. The van der Waals surface area contributed by atoms with Crippen molar-refractivity contribution < 1.29 is 51.7 Å². The monoisotopic (exact) mass is 709 g/mol. The molecule has 0 radical (unpaired) electrons. The third-order valence-electron chi connectivity index (χ3n) is 6.81. The molecule has 0 saturated carbocycles.